The average molecular weight is 430 g/mol. The highest BCUT2D eigenvalue weighted by Crippen LogP contribution is 2.21. The minimum Gasteiger partial charge on any atom is -0.380 e. The van der Waals surface area contributed by atoms with Gasteiger partial charge in [0, 0.05) is 52.9 Å². The Balaban J connectivity index is 1.57. The van der Waals surface area contributed by atoms with Crippen molar-refractivity contribution in [3.8, 4) is 0 Å². The monoisotopic (exact) mass is 430 g/mol. The number of imidazole rings is 1. The molecule has 10 heteroatoms. The summed E-state index contributed by atoms with van der Waals surface area (Å²) in [7, 11) is 1.60. The number of aromatic amines is 1. The standard InChI is InChI=1S/C21H27FN6O3/c1-3-31-13-12-28-17-18(25(2)21(30)24-19(17)29)23-20(28)27-10-8-26(9-11-27)14-15-4-6-16(22)7-5-15/h4-7H,3,8-14H2,1-2H3,(H,24,29,30). The average Bonchev–Trinajstić information content (AvgIpc) is 3.15. The Hall–Kier alpha value is -2.98. The third-order valence-corrected chi connectivity index (χ3v) is 5.62. The molecular weight excluding hydrogens is 403 g/mol. The normalized spacial score (nSPS) is 15.1. The summed E-state index contributed by atoms with van der Waals surface area (Å²) in [6.07, 6.45) is 0. The lowest BCUT2D eigenvalue weighted by molar-refractivity contribution is 0.140. The SMILES string of the molecule is CCOCCn1c(N2CCN(Cc3ccc(F)cc3)CC2)nc2c1c(=O)[nH]c(=O)n2C. The second kappa shape index (κ2) is 9.03. The van der Waals surface area contributed by atoms with Gasteiger partial charge < -0.3 is 14.2 Å². The van der Waals surface area contributed by atoms with Crippen LogP contribution in [-0.4, -0.2) is 63.4 Å². The van der Waals surface area contributed by atoms with E-state index in [1.54, 1.807) is 7.05 Å². The van der Waals surface area contributed by atoms with Crippen LogP contribution >= 0.6 is 0 Å². The maximum atomic E-state index is 13.1. The lowest BCUT2D eigenvalue weighted by Gasteiger charge is -2.35. The van der Waals surface area contributed by atoms with E-state index in [4.69, 9.17) is 4.74 Å². The molecule has 0 atom stereocenters. The summed E-state index contributed by atoms with van der Waals surface area (Å²) >= 11 is 0. The molecule has 0 bridgehead atoms. The van der Waals surface area contributed by atoms with Crippen molar-refractivity contribution in [2.75, 3.05) is 44.3 Å². The molecule has 0 amide bonds. The predicted octanol–water partition coefficient (Wildman–Crippen LogP) is 0.921. The first-order valence-corrected chi connectivity index (χ1v) is 10.5. The van der Waals surface area contributed by atoms with Crippen molar-refractivity contribution in [2.24, 2.45) is 7.05 Å². The van der Waals surface area contributed by atoms with E-state index in [-0.39, 0.29) is 5.82 Å². The topological polar surface area (TPSA) is 88.4 Å². The van der Waals surface area contributed by atoms with Gasteiger partial charge in [-0.1, -0.05) is 12.1 Å². The van der Waals surface area contributed by atoms with Crippen molar-refractivity contribution in [1.82, 2.24) is 24.0 Å². The molecule has 0 saturated carbocycles. The van der Waals surface area contributed by atoms with E-state index in [9.17, 15) is 14.0 Å². The Morgan fingerprint density at radius 2 is 1.84 bits per heavy atom. The molecular formula is C21H27FN6O3. The first kappa shape index (κ1) is 21.3. The fourth-order valence-corrected chi connectivity index (χ4v) is 3.93. The number of halogens is 1. The van der Waals surface area contributed by atoms with Gasteiger partial charge in [0.25, 0.3) is 5.56 Å². The highest BCUT2D eigenvalue weighted by atomic mass is 19.1. The number of H-pyrrole nitrogens is 1. The number of rotatable bonds is 7. The maximum absolute atomic E-state index is 13.1. The quantitative estimate of drug-likeness (QED) is 0.561. The van der Waals surface area contributed by atoms with Gasteiger partial charge in [-0.25, -0.2) is 9.18 Å². The van der Waals surface area contributed by atoms with Gasteiger partial charge in [-0.3, -0.25) is 19.2 Å². The van der Waals surface area contributed by atoms with E-state index >= 15 is 0 Å². The number of anilines is 1. The van der Waals surface area contributed by atoms with Crippen molar-refractivity contribution in [1.29, 1.82) is 0 Å². The number of nitrogens with zero attached hydrogens (tertiary/aromatic N) is 5. The predicted molar refractivity (Wildman–Crippen MR) is 116 cm³/mol. The van der Waals surface area contributed by atoms with Gasteiger partial charge in [0.15, 0.2) is 11.2 Å². The molecule has 2 aromatic heterocycles. The number of benzene rings is 1. The third kappa shape index (κ3) is 4.40. The van der Waals surface area contributed by atoms with Crippen LogP contribution in [0.4, 0.5) is 10.3 Å². The molecule has 31 heavy (non-hydrogen) atoms. The zero-order valence-electron chi connectivity index (χ0n) is 17.8. The van der Waals surface area contributed by atoms with Crippen LogP contribution in [0.5, 0.6) is 0 Å². The zero-order chi connectivity index (χ0) is 22.0. The van der Waals surface area contributed by atoms with E-state index < -0.39 is 11.2 Å². The van der Waals surface area contributed by atoms with Crippen LogP contribution in [0.1, 0.15) is 12.5 Å². The number of piperazine rings is 1. The van der Waals surface area contributed by atoms with Gasteiger partial charge >= 0.3 is 5.69 Å². The summed E-state index contributed by atoms with van der Waals surface area (Å²) in [4.78, 5) is 36.1. The van der Waals surface area contributed by atoms with Crippen LogP contribution < -0.4 is 16.1 Å². The fourth-order valence-electron chi connectivity index (χ4n) is 3.93. The number of hydrogen-bond acceptors (Lipinski definition) is 6. The summed E-state index contributed by atoms with van der Waals surface area (Å²) < 4.78 is 21.8. The molecule has 1 aromatic carbocycles. The van der Waals surface area contributed by atoms with Crippen molar-refractivity contribution in [3.05, 3.63) is 56.5 Å². The Kier molecular flexibility index (Phi) is 6.19. The van der Waals surface area contributed by atoms with E-state index in [0.717, 1.165) is 38.3 Å². The molecule has 1 fully saturated rings. The molecule has 0 radical (unpaired) electrons. The number of ether oxygens (including phenoxy) is 1. The summed E-state index contributed by atoms with van der Waals surface area (Å²) in [5, 5.41) is 0. The molecule has 0 spiro atoms. The van der Waals surface area contributed by atoms with Crippen molar-refractivity contribution in [3.63, 3.8) is 0 Å². The summed E-state index contributed by atoms with van der Waals surface area (Å²) in [6, 6.07) is 6.57. The van der Waals surface area contributed by atoms with E-state index in [2.05, 4.69) is 19.8 Å². The van der Waals surface area contributed by atoms with Gasteiger partial charge in [-0.15, -0.1) is 0 Å². The highest BCUT2D eigenvalue weighted by molar-refractivity contribution is 5.74. The number of fused-ring (bicyclic) bond motifs is 1. The molecule has 0 aliphatic carbocycles. The fraction of sp³-hybridized carbons (Fsp3) is 0.476. The van der Waals surface area contributed by atoms with Gasteiger partial charge in [0.1, 0.15) is 5.82 Å². The molecule has 1 aliphatic rings. The zero-order valence-corrected chi connectivity index (χ0v) is 17.8. The second-order valence-corrected chi connectivity index (χ2v) is 7.64. The van der Waals surface area contributed by atoms with Gasteiger partial charge in [0.2, 0.25) is 5.95 Å². The number of hydrogen-bond donors (Lipinski definition) is 1. The van der Waals surface area contributed by atoms with Crippen LogP contribution in [0.25, 0.3) is 11.2 Å². The molecule has 1 saturated heterocycles. The van der Waals surface area contributed by atoms with Crippen molar-refractivity contribution in [2.45, 2.75) is 20.0 Å². The van der Waals surface area contributed by atoms with E-state index in [0.29, 0.717) is 36.9 Å². The van der Waals surface area contributed by atoms with E-state index in [1.165, 1.54) is 16.7 Å². The first-order chi connectivity index (χ1) is 15.0. The van der Waals surface area contributed by atoms with Crippen LogP contribution in [0.3, 0.4) is 0 Å². The van der Waals surface area contributed by atoms with Gasteiger partial charge in [-0.05, 0) is 24.6 Å². The highest BCUT2D eigenvalue weighted by Gasteiger charge is 2.25. The molecule has 3 aromatic rings. The maximum Gasteiger partial charge on any atom is 0.329 e. The minimum atomic E-state index is -0.484. The second-order valence-electron chi connectivity index (χ2n) is 7.64. The number of aromatic nitrogens is 4. The Morgan fingerprint density at radius 1 is 1.13 bits per heavy atom. The minimum absolute atomic E-state index is 0.232. The lowest BCUT2D eigenvalue weighted by atomic mass is 10.2. The summed E-state index contributed by atoms with van der Waals surface area (Å²) in [6.45, 7) is 7.24. The van der Waals surface area contributed by atoms with Gasteiger partial charge in [0.05, 0.1) is 6.61 Å². The molecule has 0 unspecified atom stereocenters. The Labute approximate surface area is 178 Å². The molecule has 3 heterocycles. The molecule has 4 rings (SSSR count). The smallest absolute Gasteiger partial charge is 0.329 e. The Bertz CT molecular complexity index is 1160. The van der Waals surface area contributed by atoms with Crippen molar-refractivity contribution >= 4 is 17.1 Å². The number of aryl methyl sites for hydroxylation is 1. The molecule has 1 aliphatic heterocycles. The molecule has 1 N–H and O–H groups in total. The van der Waals surface area contributed by atoms with Crippen LogP contribution in [0.15, 0.2) is 33.9 Å². The summed E-state index contributed by atoms with van der Waals surface area (Å²) in [5.74, 6) is 0.437. The molecule has 166 valence electrons. The van der Waals surface area contributed by atoms with Crippen LogP contribution in [0.2, 0.25) is 0 Å². The van der Waals surface area contributed by atoms with Crippen LogP contribution in [0, 0.1) is 5.82 Å². The Morgan fingerprint density at radius 3 is 2.52 bits per heavy atom. The number of nitrogens with one attached hydrogen (secondary N) is 1. The first-order valence-electron chi connectivity index (χ1n) is 10.5. The third-order valence-electron chi connectivity index (χ3n) is 5.62. The van der Waals surface area contributed by atoms with Crippen molar-refractivity contribution < 1.29 is 9.13 Å². The van der Waals surface area contributed by atoms with E-state index in [1.807, 2.05) is 23.6 Å². The molecule has 9 nitrogen and oxygen atoms in total. The largest absolute Gasteiger partial charge is 0.380 e. The lowest BCUT2D eigenvalue weighted by Crippen LogP contribution is -2.47. The van der Waals surface area contributed by atoms with Crippen LogP contribution in [-0.2, 0) is 24.9 Å². The summed E-state index contributed by atoms with van der Waals surface area (Å²) in [5.41, 5.74) is 0.894. The van der Waals surface area contributed by atoms with Gasteiger partial charge in [-0.2, -0.15) is 4.98 Å².